The molecule has 140 valence electrons. The lowest BCUT2D eigenvalue weighted by Crippen LogP contribution is -2.28. The molecule has 2 aromatic rings. The van der Waals surface area contributed by atoms with Crippen LogP contribution in [-0.2, 0) is 9.59 Å². The van der Waals surface area contributed by atoms with Gasteiger partial charge in [-0.3, -0.25) is 9.59 Å². The number of rotatable bonds is 4. The molecule has 0 spiro atoms. The van der Waals surface area contributed by atoms with E-state index in [2.05, 4.69) is 15.6 Å². The van der Waals surface area contributed by atoms with E-state index in [-0.39, 0.29) is 18.2 Å². The van der Waals surface area contributed by atoms with E-state index in [9.17, 15) is 9.59 Å². The molecule has 0 aliphatic carbocycles. The Labute approximate surface area is 167 Å². The van der Waals surface area contributed by atoms with Crippen LogP contribution in [0.4, 0.5) is 11.4 Å². The number of aliphatic imine (C=N–C) groups is 1. The lowest BCUT2D eigenvalue weighted by Gasteiger charge is -2.08. The lowest BCUT2D eigenvalue weighted by molar-refractivity contribution is -0.122. The second-order valence-electron chi connectivity index (χ2n) is 6.52. The van der Waals surface area contributed by atoms with Crippen molar-refractivity contribution in [3.05, 3.63) is 58.1 Å². The highest BCUT2D eigenvalue weighted by atomic mass is 35.5. The molecule has 1 atom stereocenters. The van der Waals surface area contributed by atoms with Crippen LogP contribution in [0.5, 0.6) is 0 Å². The van der Waals surface area contributed by atoms with E-state index in [1.54, 1.807) is 12.1 Å². The maximum absolute atomic E-state index is 12.3. The number of thioether (sulfide) groups is 1. The van der Waals surface area contributed by atoms with Crippen LogP contribution in [0, 0.1) is 20.8 Å². The number of anilines is 1. The van der Waals surface area contributed by atoms with E-state index in [1.165, 1.54) is 11.8 Å². The number of halogens is 1. The van der Waals surface area contributed by atoms with Crippen LogP contribution in [-0.4, -0.2) is 22.2 Å². The van der Waals surface area contributed by atoms with Gasteiger partial charge in [-0.25, -0.2) is 4.99 Å². The smallest absolute Gasteiger partial charge is 0.240 e. The number of benzene rings is 2. The Kier molecular flexibility index (Phi) is 5.87. The van der Waals surface area contributed by atoms with Gasteiger partial charge in [0.1, 0.15) is 5.25 Å². The van der Waals surface area contributed by atoms with E-state index >= 15 is 0 Å². The quantitative estimate of drug-likeness (QED) is 0.791. The van der Waals surface area contributed by atoms with Gasteiger partial charge in [-0.1, -0.05) is 41.6 Å². The van der Waals surface area contributed by atoms with Gasteiger partial charge in [-0.05, 0) is 55.7 Å². The molecule has 7 heteroatoms. The van der Waals surface area contributed by atoms with Gasteiger partial charge in [0.25, 0.3) is 0 Å². The predicted molar refractivity (Wildman–Crippen MR) is 112 cm³/mol. The maximum Gasteiger partial charge on any atom is 0.240 e. The summed E-state index contributed by atoms with van der Waals surface area (Å²) in [6, 6.07) is 11.3. The summed E-state index contributed by atoms with van der Waals surface area (Å²) >= 11 is 7.35. The minimum Gasteiger partial charge on any atom is -0.326 e. The summed E-state index contributed by atoms with van der Waals surface area (Å²) in [5.41, 5.74) is 4.50. The second-order valence-corrected chi connectivity index (χ2v) is 8.12. The molecule has 1 aliphatic rings. The molecular weight excluding hydrogens is 382 g/mol. The number of nitrogens with zero attached hydrogens (tertiary/aromatic N) is 1. The molecule has 1 saturated heterocycles. The monoisotopic (exact) mass is 401 g/mol. The van der Waals surface area contributed by atoms with Crippen molar-refractivity contribution >= 4 is 51.7 Å². The Morgan fingerprint density at radius 1 is 1.19 bits per heavy atom. The summed E-state index contributed by atoms with van der Waals surface area (Å²) in [6.07, 6.45) is 0.0633. The number of amidine groups is 1. The van der Waals surface area contributed by atoms with Gasteiger partial charge < -0.3 is 10.6 Å². The zero-order valence-electron chi connectivity index (χ0n) is 15.3. The van der Waals surface area contributed by atoms with Crippen LogP contribution in [0.2, 0.25) is 5.02 Å². The topological polar surface area (TPSA) is 70.6 Å². The number of hydrogen-bond acceptors (Lipinski definition) is 4. The average Bonchev–Trinajstić information content (AvgIpc) is 2.93. The minimum absolute atomic E-state index is 0.0633. The standard InChI is InChI=1S/C20H20ClN3O2S/c1-11-4-5-13(3)16(8-11)23-20-24-19(26)17(27-20)10-18(25)22-14-7-6-12(2)15(21)9-14/h4-9,17H,10H2,1-3H3,(H,22,25)(H,23,24,26)/t17-/m1/s1. The first-order valence-corrected chi connectivity index (χ1v) is 9.77. The van der Waals surface area contributed by atoms with Gasteiger partial charge in [0, 0.05) is 17.1 Å². The van der Waals surface area contributed by atoms with Crippen LogP contribution >= 0.6 is 23.4 Å². The highest BCUT2D eigenvalue weighted by Crippen LogP contribution is 2.28. The Morgan fingerprint density at radius 3 is 2.67 bits per heavy atom. The Bertz CT molecular complexity index is 943. The zero-order chi connectivity index (χ0) is 19.6. The third kappa shape index (κ3) is 4.90. The van der Waals surface area contributed by atoms with Gasteiger partial charge in [-0.2, -0.15) is 0 Å². The van der Waals surface area contributed by atoms with Crippen molar-refractivity contribution in [2.45, 2.75) is 32.4 Å². The van der Waals surface area contributed by atoms with Crippen molar-refractivity contribution in [3.8, 4) is 0 Å². The number of carbonyl (C=O) groups is 2. The largest absolute Gasteiger partial charge is 0.326 e. The normalized spacial score (nSPS) is 17.9. The van der Waals surface area contributed by atoms with Crippen molar-refractivity contribution in [1.82, 2.24) is 5.32 Å². The molecule has 1 fully saturated rings. The van der Waals surface area contributed by atoms with Gasteiger partial charge >= 0.3 is 0 Å². The molecule has 2 amide bonds. The fourth-order valence-electron chi connectivity index (χ4n) is 2.59. The van der Waals surface area contributed by atoms with Gasteiger partial charge in [0.05, 0.1) is 5.69 Å². The van der Waals surface area contributed by atoms with E-state index in [0.29, 0.717) is 15.9 Å². The van der Waals surface area contributed by atoms with E-state index in [1.807, 2.05) is 45.0 Å². The predicted octanol–water partition coefficient (Wildman–Crippen LogP) is 4.51. The van der Waals surface area contributed by atoms with Crippen LogP contribution < -0.4 is 10.6 Å². The average molecular weight is 402 g/mol. The van der Waals surface area contributed by atoms with Gasteiger partial charge in [0.15, 0.2) is 5.17 Å². The number of amides is 2. The molecule has 3 rings (SSSR count). The Morgan fingerprint density at radius 2 is 1.93 bits per heavy atom. The lowest BCUT2D eigenvalue weighted by atomic mass is 10.1. The summed E-state index contributed by atoms with van der Waals surface area (Å²) in [4.78, 5) is 29.0. The Balaban J connectivity index is 1.65. The Hall–Kier alpha value is -2.31. The molecule has 0 radical (unpaired) electrons. The molecule has 27 heavy (non-hydrogen) atoms. The number of nitrogens with one attached hydrogen (secondary N) is 2. The number of carbonyl (C=O) groups excluding carboxylic acids is 2. The van der Waals surface area contributed by atoms with Crippen molar-refractivity contribution in [2.24, 2.45) is 4.99 Å². The SMILES string of the molecule is Cc1ccc(C)c(N=C2NC(=O)[C@@H](CC(=O)Nc3ccc(C)c(Cl)c3)S2)c1. The first-order chi connectivity index (χ1) is 12.8. The van der Waals surface area contributed by atoms with Crippen LogP contribution in [0.1, 0.15) is 23.1 Å². The highest BCUT2D eigenvalue weighted by molar-refractivity contribution is 8.15. The van der Waals surface area contributed by atoms with E-state index in [4.69, 9.17) is 11.6 Å². The van der Waals surface area contributed by atoms with Crippen molar-refractivity contribution in [1.29, 1.82) is 0 Å². The molecule has 1 heterocycles. The first kappa shape index (κ1) is 19.5. The highest BCUT2D eigenvalue weighted by Gasteiger charge is 2.32. The van der Waals surface area contributed by atoms with Crippen LogP contribution in [0.15, 0.2) is 41.4 Å². The molecule has 0 unspecified atom stereocenters. The summed E-state index contributed by atoms with van der Waals surface area (Å²) in [5, 5.41) is 6.14. The van der Waals surface area contributed by atoms with Crippen LogP contribution in [0.25, 0.3) is 0 Å². The fraction of sp³-hybridized carbons (Fsp3) is 0.250. The van der Waals surface area contributed by atoms with Crippen molar-refractivity contribution in [3.63, 3.8) is 0 Å². The number of hydrogen-bond donors (Lipinski definition) is 2. The zero-order valence-corrected chi connectivity index (χ0v) is 16.9. The summed E-state index contributed by atoms with van der Waals surface area (Å²) < 4.78 is 0. The summed E-state index contributed by atoms with van der Waals surface area (Å²) in [5.74, 6) is -0.447. The molecule has 0 saturated carbocycles. The third-order valence-electron chi connectivity index (χ3n) is 4.19. The first-order valence-electron chi connectivity index (χ1n) is 8.51. The van der Waals surface area contributed by atoms with Gasteiger partial charge in [-0.15, -0.1) is 0 Å². The summed E-state index contributed by atoms with van der Waals surface area (Å²) in [6.45, 7) is 5.86. The molecule has 2 N–H and O–H groups in total. The van der Waals surface area contributed by atoms with E-state index in [0.717, 1.165) is 22.4 Å². The molecule has 1 aliphatic heterocycles. The van der Waals surface area contributed by atoms with Crippen molar-refractivity contribution in [2.75, 3.05) is 5.32 Å². The fourth-order valence-corrected chi connectivity index (χ4v) is 3.75. The molecule has 0 bridgehead atoms. The maximum atomic E-state index is 12.3. The molecule has 0 aromatic heterocycles. The van der Waals surface area contributed by atoms with Crippen molar-refractivity contribution < 1.29 is 9.59 Å². The second kappa shape index (κ2) is 8.15. The molecule has 5 nitrogen and oxygen atoms in total. The third-order valence-corrected chi connectivity index (χ3v) is 5.68. The van der Waals surface area contributed by atoms with E-state index < -0.39 is 5.25 Å². The van der Waals surface area contributed by atoms with Gasteiger partial charge in [0.2, 0.25) is 11.8 Å². The number of aryl methyl sites for hydroxylation is 3. The minimum atomic E-state index is -0.505. The summed E-state index contributed by atoms with van der Waals surface area (Å²) in [7, 11) is 0. The molecule has 2 aromatic carbocycles. The van der Waals surface area contributed by atoms with Crippen LogP contribution in [0.3, 0.4) is 0 Å². The molecular formula is C20H20ClN3O2S.